The molecule has 3 heteroatoms. The lowest BCUT2D eigenvalue weighted by molar-refractivity contribution is 0.409. The minimum atomic E-state index is 0.146. The summed E-state index contributed by atoms with van der Waals surface area (Å²) in [4.78, 5) is 6.39. The number of hydrogen-bond acceptors (Lipinski definition) is 3. The van der Waals surface area contributed by atoms with Gasteiger partial charge in [-0.15, -0.1) is 11.3 Å². The van der Waals surface area contributed by atoms with Gasteiger partial charge in [-0.1, -0.05) is 41.5 Å². The number of aromatic nitrogens is 1. The summed E-state index contributed by atoms with van der Waals surface area (Å²) in [7, 11) is 0. The molecule has 0 aromatic carbocycles. The van der Waals surface area contributed by atoms with E-state index in [1.807, 2.05) is 11.3 Å². The number of nitrogens with one attached hydrogen (secondary N) is 1. The molecule has 0 amide bonds. The van der Waals surface area contributed by atoms with Crippen molar-refractivity contribution in [1.29, 1.82) is 0 Å². The molecule has 0 aliphatic heterocycles. The first-order valence-corrected chi connectivity index (χ1v) is 8.19. The lowest BCUT2D eigenvalue weighted by Crippen LogP contribution is -2.20. The van der Waals surface area contributed by atoms with E-state index in [1.165, 1.54) is 28.4 Å². The van der Waals surface area contributed by atoms with Gasteiger partial charge in [-0.3, -0.25) is 0 Å². The van der Waals surface area contributed by atoms with Crippen LogP contribution in [0.1, 0.15) is 70.0 Å². The maximum absolute atomic E-state index is 4.94. The summed E-state index contributed by atoms with van der Waals surface area (Å²) in [6.07, 6.45) is 3.77. The zero-order valence-corrected chi connectivity index (χ0v) is 14.1. The van der Waals surface area contributed by atoms with Crippen molar-refractivity contribution in [1.82, 2.24) is 10.3 Å². The fourth-order valence-corrected chi connectivity index (χ4v) is 3.69. The first kappa shape index (κ1) is 15.0. The van der Waals surface area contributed by atoms with Crippen LogP contribution in [0.25, 0.3) is 0 Å². The first-order chi connectivity index (χ1) is 8.65. The van der Waals surface area contributed by atoms with E-state index in [9.17, 15) is 0 Å². The van der Waals surface area contributed by atoms with Gasteiger partial charge >= 0.3 is 0 Å². The summed E-state index contributed by atoms with van der Waals surface area (Å²) in [6, 6.07) is 0.765. The maximum atomic E-state index is 4.94. The van der Waals surface area contributed by atoms with E-state index in [1.54, 1.807) is 0 Å². The molecule has 0 unspecified atom stereocenters. The van der Waals surface area contributed by atoms with Gasteiger partial charge in [0.05, 0.1) is 10.7 Å². The minimum Gasteiger partial charge on any atom is -0.309 e. The summed E-state index contributed by atoms with van der Waals surface area (Å²) < 4.78 is 0. The van der Waals surface area contributed by atoms with Gasteiger partial charge in [-0.25, -0.2) is 4.98 Å². The molecule has 1 aromatic heterocycles. The summed E-state index contributed by atoms with van der Waals surface area (Å²) in [5.41, 5.74) is 1.76. The van der Waals surface area contributed by atoms with Gasteiger partial charge in [0.2, 0.25) is 0 Å². The Bertz CT molecular complexity index is 431. The van der Waals surface area contributed by atoms with Crippen LogP contribution in [-0.4, -0.2) is 11.0 Å². The van der Waals surface area contributed by atoms with E-state index in [-0.39, 0.29) is 5.41 Å². The topological polar surface area (TPSA) is 24.9 Å². The molecule has 2 rings (SSSR count). The van der Waals surface area contributed by atoms with Crippen LogP contribution in [-0.2, 0) is 18.4 Å². The average molecular weight is 280 g/mol. The van der Waals surface area contributed by atoms with Crippen molar-refractivity contribution in [3.8, 4) is 0 Å². The highest BCUT2D eigenvalue weighted by Crippen LogP contribution is 2.33. The van der Waals surface area contributed by atoms with Crippen molar-refractivity contribution < 1.29 is 0 Å². The molecule has 0 spiro atoms. The molecule has 1 N–H and O–H groups in total. The second kappa shape index (κ2) is 5.17. The molecule has 0 atom stereocenters. The van der Waals surface area contributed by atoms with Crippen LogP contribution in [0.2, 0.25) is 0 Å². The Balaban J connectivity index is 2.17. The number of thiazole rings is 1. The molecule has 0 bridgehead atoms. The molecule has 0 saturated heterocycles. The highest BCUT2D eigenvalue weighted by molar-refractivity contribution is 7.11. The molecule has 1 fully saturated rings. The second-order valence-electron chi connectivity index (χ2n) is 8.02. The van der Waals surface area contributed by atoms with Gasteiger partial charge in [0, 0.05) is 29.3 Å². The Hall–Kier alpha value is -0.410. The largest absolute Gasteiger partial charge is 0.309 e. The molecular formula is C16H28N2S. The molecule has 1 aliphatic rings. The van der Waals surface area contributed by atoms with Crippen molar-refractivity contribution >= 4 is 11.3 Å². The molecule has 108 valence electrons. The van der Waals surface area contributed by atoms with Crippen LogP contribution >= 0.6 is 11.3 Å². The monoisotopic (exact) mass is 280 g/mol. The molecule has 1 saturated carbocycles. The third-order valence-corrected chi connectivity index (χ3v) is 4.32. The molecule has 1 aliphatic carbocycles. The summed E-state index contributed by atoms with van der Waals surface area (Å²) >= 11 is 1.91. The number of nitrogens with zero attached hydrogens (tertiary/aromatic N) is 1. The van der Waals surface area contributed by atoms with Crippen molar-refractivity contribution in [2.75, 3.05) is 0 Å². The van der Waals surface area contributed by atoms with Gasteiger partial charge in [-0.05, 0) is 18.3 Å². The normalized spacial score (nSPS) is 16.9. The predicted molar refractivity (Wildman–Crippen MR) is 83.8 cm³/mol. The van der Waals surface area contributed by atoms with Gasteiger partial charge in [0.1, 0.15) is 0 Å². The van der Waals surface area contributed by atoms with Crippen LogP contribution < -0.4 is 5.32 Å². The highest BCUT2D eigenvalue weighted by atomic mass is 32.1. The SMILES string of the molecule is CC(C)(C)Cc1nc(C(C)(C)C)c(CNC2CC2)s1. The first-order valence-electron chi connectivity index (χ1n) is 7.37. The van der Waals surface area contributed by atoms with E-state index in [0.717, 1.165) is 19.0 Å². The number of rotatable bonds is 4. The maximum Gasteiger partial charge on any atom is 0.0937 e. The quantitative estimate of drug-likeness (QED) is 0.890. The predicted octanol–water partition coefficient (Wildman–Crippen LogP) is 4.28. The summed E-state index contributed by atoms with van der Waals surface area (Å²) in [6.45, 7) is 14.7. The third-order valence-electron chi connectivity index (χ3n) is 3.26. The molecular weight excluding hydrogens is 252 g/mol. The van der Waals surface area contributed by atoms with Crippen LogP contribution in [0.15, 0.2) is 0 Å². The highest BCUT2D eigenvalue weighted by Gasteiger charge is 2.26. The molecule has 1 aromatic rings. The summed E-state index contributed by atoms with van der Waals surface area (Å²) in [5, 5.41) is 4.93. The molecule has 2 nitrogen and oxygen atoms in total. The van der Waals surface area contributed by atoms with E-state index in [2.05, 4.69) is 46.9 Å². The minimum absolute atomic E-state index is 0.146. The lowest BCUT2D eigenvalue weighted by atomic mass is 9.90. The van der Waals surface area contributed by atoms with Gasteiger partial charge in [-0.2, -0.15) is 0 Å². The zero-order chi connectivity index (χ0) is 14.3. The molecule has 19 heavy (non-hydrogen) atoms. The van der Waals surface area contributed by atoms with Crippen LogP contribution in [0.5, 0.6) is 0 Å². The fraction of sp³-hybridized carbons (Fsp3) is 0.812. The van der Waals surface area contributed by atoms with E-state index in [0.29, 0.717) is 5.41 Å². The van der Waals surface area contributed by atoms with Gasteiger partial charge in [0.15, 0.2) is 0 Å². The Morgan fingerprint density at radius 1 is 1.16 bits per heavy atom. The Kier molecular flexibility index (Phi) is 4.08. The third kappa shape index (κ3) is 4.57. The lowest BCUT2D eigenvalue weighted by Gasteiger charge is -2.18. The smallest absolute Gasteiger partial charge is 0.0937 e. The van der Waals surface area contributed by atoms with Crippen molar-refractivity contribution in [3.63, 3.8) is 0 Å². The molecule has 0 radical (unpaired) electrons. The van der Waals surface area contributed by atoms with E-state index >= 15 is 0 Å². The van der Waals surface area contributed by atoms with E-state index < -0.39 is 0 Å². The van der Waals surface area contributed by atoms with E-state index in [4.69, 9.17) is 4.98 Å². The fourth-order valence-electron chi connectivity index (χ4n) is 2.16. The zero-order valence-electron chi connectivity index (χ0n) is 13.3. The van der Waals surface area contributed by atoms with Crippen molar-refractivity contribution in [2.45, 2.75) is 78.8 Å². The Labute approximate surface area is 122 Å². The summed E-state index contributed by atoms with van der Waals surface area (Å²) in [5.74, 6) is 0. The van der Waals surface area contributed by atoms with Crippen LogP contribution in [0.3, 0.4) is 0 Å². The molecule has 1 heterocycles. The van der Waals surface area contributed by atoms with Crippen molar-refractivity contribution in [3.05, 3.63) is 15.6 Å². The van der Waals surface area contributed by atoms with Crippen LogP contribution in [0, 0.1) is 5.41 Å². The Morgan fingerprint density at radius 2 is 1.79 bits per heavy atom. The average Bonchev–Trinajstić information content (AvgIpc) is 2.94. The van der Waals surface area contributed by atoms with Crippen LogP contribution in [0.4, 0.5) is 0 Å². The number of hydrogen-bond donors (Lipinski definition) is 1. The van der Waals surface area contributed by atoms with Gasteiger partial charge in [0.25, 0.3) is 0 Å². The van der Waals surface area contributed by atoms with Gasteiger partial charge < -0.3 is 5.32 Å². The standard InChI is InChI=1S/C16H28N2S/c1-15(2,3)9-13-18-14(16(4,5)6)12(19-13)10-17-11-7-8-11/h11,17H,7-10H2,1-6H3. The Morgan fingerprint density at radius 3 is 2.26 bits per heavy atom. The second-order valence-corrected chi connectivity index (χ2v) is 9.19. The van der Waals surface area contributed by atoms with Crippen molar-refractivity contribution in [2.24, 2.45) is 5.41 Å².